The molecule has 178 valence electrons. The normalized spacial score (nSPS) is 9.50. The maximum absolute atomic E-state index is 12.3. The average Bonchev–Trinajstić information content (AvgIpc) is 3.24. The number of ether oxygens (including phenoxy) is 2. The van der Waals surface area contributed by atoms with Crippen LogP contribution >= 0.6 is 0 Å². The summed E-state index contributed by atoms with van der Waals surface area (Å²) in [5.74, 6) is 0.524. The molecule has 0 atom stereocenters. The Kier molecular flexibility index (Phi) is 15.2. The van der Waals surface area contributed by atoms with Crippen molar-refractivity contribution in [1.82, 2.24) is 10.3 Å². The molecule has 0 aliphatic heterocycles. The van der Waals surface area contributed by atoms with Gasteiger partial charge in [-0.1, -0.05) is 47.6 Å². The fourth-order valence-corrected chi connectivity index (χ4v) is 2.69. The first-order valence-corrected chi connectivity index (χ1v) is 11.1. The van der Waals surface area contributed by atoms with Gasteiger partial charge in [0.2, 0.25) is 0 Å². The van der Waals surface area contributed by atoms with Gasteiger partial charge in [-0.15, -0.1) is 0 Å². The summed E-state index contributed by atoms with van der Waals surface area (Å²) in [4.78, 5) is 16.5. The molecule has 7 heteroatoms. The maximum atomic E-state index is 12.3. The molecule has 0 aliphatic rings. The molecule has 0 bridgehead atoms. The Morgan fingerprint density at radius 2 is 1.62 bits per heavy atom. The molecule has 3 aromatic rings. The second-order valence-corrected chi connectivity index (χ2v) is 5.87. The summed E-state index contributed by atoms with van der Waals surface area (Å²) in [6, 6.07) is 11.1. The number of aromatic nitrogens is 1. The van der Waals surface area contributed by atoms with Gasteiger partial charge in [0.1, 0.15) is 17.2 Å². The molecule has 0 saturated carbocycles. The summed E-state index contributed by atoms with van der Waals surface area (Å²) < 4.78 is 15.9. The summed E-state index contributed by atoms with van der Waals surface area (Å²) >= 11 is 0. The fourth-order valence-electron chi connectivity index (χ4n) is 2.69. The van der Waals surface area contributed by atoms with E-state index >= 15 is 0 Å². The van der Waals surface area contributed by atoms with E-state index in [0.29, 0.717) is 30.2 Å². The van der Waals surface area contributed by atoms with Crippen LogP contribution in [0.2, 0.25) is 0 Å². The highest BCUT2D eigenvalue weighted by Crippen LogP contribution is 2.21. The molecule has 0 aliphatic carbocycles. The highest BCUT2D eigenvalue weighted by atomic mass is 16.5. The van der Waals surface area contributed by atoms with Crippen molar-refractivity contribution < 1.29 is 18.7 Å². The van der Waals surface area contributed by atoms with E-state index in [4.69, 9.17) is 19.6 Å². The van der Waals surface area contributed by atoms with Crippen LogP contribution in [0.25, 0.3) is 11.0 Å². The summed E-state index contributed by atoms with van der Waals surface area (Å²) in [6.07, 6.45) is 0. The van der Waals surface area contributed by atoms with Gasteiger partial charge in [-0.2, -0.15) is 0 Å². The van der Waals surface area contributed by atoms with Crippen LogP contribution in [-0.4, -0.2) is 25.1 Å². The third-order valence-corrected chi connectivity index (χ3v) is 3.89. The van der Waals surface area contributed by atoms with E-state index in [9.17, 15) is 4.79 Å². The van der Waals surface area contributed by atoms with Crippen LogP contribution in [0.4, 0.5) is 5.82 Å². The van der Waals surface area contributed by atoms with E-state index in [0.717, 1.165) is 16.5 Å². The third-order valence-electron chi connectivity index (χ3n) is 3.89. The highest BCUT2D eigenvalue weighted by molar-refractivity contribution is 5.98. The first-order valence-electron chi connectivity index (χ1n) is 11.1. The Balaban J connectivity index is 0.00000148. The number of carbonyl (C=O) groups is 1. The van der Waals surface area contributed by atoms with Crippen molar-refractivity contribution in [2.24, 2.45) is 0 Å². The van der Waals surface area contributed by atoms with Crippen LogP contribution in [0.3, 0.4) is 0 Å². The second kappa shape index (κ2) is 16.8. The predicted molar refractivity (Wildman–Crippen MR) is 132 cm³/mol. The van der Waals surface area contributed by atoms with Gasteiger partial charge in [-0.3, -0.25) is 4.79 Å². The molecule has 2 heterocycles. The zero-order valence-electron chi connectivity index (χ0n) is 20.7. The summed E-state index contributed by atoms with van der Waals surface area (Å²) in [5.41, 5.74) is 8.68. The third kappa shape index (κ3) is 8.69. The number of hydrogen-bond donors (Lipinski definition) is 2. The highest BCUT2D eigenvalue weighted by Gasteiger charge is 2.13. The van der Waals surface area contributed by atoms with Crippen LogP contribution in [-0.2, 0) is 29.2 Å². The van der Waals surface area contributed by atoms with E-state index in [2.05, 4.69) is 10.3 Å². The van der Waals surface area contributed by atoms with Gasteiger partial charge in [-0.25, -0.2) is 4.98 Å². The lowest BCUT2D eigenvalue weighted by Crippen LogP contribution is -2.24. The SMILES string of the molecule is CC.CC.CC.COCc1ccc2oc(CNC(=O)c3ccc(COC)nc3N)cc2c1. The molecule has 2 aromatic heterocycles. The molecule has 0 spiro atoms. The summed E-state index contributed by atoms with van der Waals surface area (Å²) in [6.45, 7) is 13.1. The topological polar surface area (TPSA) is 99.6 Å². The first-order chi connectivity index (χ1) is 15.6. The van der Waals surface area contributed by atoms with Crippen molar-refractivity contribution in [3.63, 3.8) is 0 Å². The maximum Gasteiger partial charge on any atom is 0.255 e. The molecule has 3 rings (SSSR count). The van der Waals surface area contributed by atoms with Crippen molar-refractivity contribution in [1.29, 1.82) is 0 Å². The molecule has 0 saturated heterocycles. The minimum Gasteiger partial charge on any atom is -0.459 e. The standard InChI is InChI=1S/C19H21N3O4.3C2H6/c1-24-10-12-3-6-17-13(7-12)8-15(26-17)9-21-19(23)16-5-4-14(11-25-2)22-18(16)20;3*1-2/h3-8H,9-11H2,1-2H3,(H2,20,22)(H,21,23);3*1-2H3. The number of methoxy groups -OCH3 is 2. The van der Waals surface area contributed by atoms with Crippen LogP contribution in [0, 0.1) is 0 Å². The number of benzene rings is 1. The van der Waals surface area contributed by atoms with Crippen LogP contribution < -0.4 is 11.1 Å². The van der Waals surface area contributed by atoms with Gasteiger partial charge in [0.05, 0.1) is 31.0 Å². The van der Waals surface area contributed by atoms with Crippen molar-refractivity contribution in [2.75, 3.05) is 20.0 Å². The number of pyridine rings is 1. The summed E-state index contributed by atoms with van der Waals surface area (Å²) in [7, 11) is 3.23. The van der Waals surface area contributed by atoms with Gasteiger partial charge >= 0.3 is 0 Å². The molecule has 0 radical (unpaired) electrons. The first kappa shape index (κ1) is 29.1. The Bertz CT molecular complexity index is 923. The number of hydrogen-bond acceptors (Lipinski definition) is 6. The van der Waals surface area contributed by atoms with Gasteiger partial charge in [0, 0.05) is 19.6 Å². The number of carbonyl (C=O) groups excluding carboxylic acids is 1. The van der Waals surface area contributed by atoms with Gasteiger partial charge in [0.25, 0.3) is 5.91 Å². The molecule has 1 aromatic carbocycles. The minimum absolute atomic E-state index is 0.172. The number of furan rings is 1. The Labute approximate surface area is 192 Å². The fraction of sp³-hybridized carbons (Fsp3) is 0.440. The smallest absolute Gasteiger partial charge is 0.255 e. The molecule has 0 fully saturated rings. The lowest BCUT2D eigenvalue weighted by molar-refractivity contribution is 0.0948. The zero-order chi connectivity index (χ0) is 24.5. The number of rotatable bonds is 7. The van der Waals surface area contributed by atoms with E-state index in [1.807, 2.05) is 65.8 Å². The van der Waals surface area contributed by atoms with E-state index < -0.39 is 0 Å². The van der Waals surface area contributed by atoms with E-state index in [1.165, 1.54) is 0 Å². The lowest BCUT2D eigenvalue weighted by Gasteiger charge is -2.07. The number of anilines is 1. The Morgan fingerprint density at radius 1 is 0.969 bits per heavy atom. The molecule has 1 amide bonds. The molecule has 32 heavy (non-hydrogen) atoms. The van der Waals surface area contributed by atoms with Gasteiger partial charge in [0.15, 0.2) is 0 Å². The molecule has 7 nitrogen and oxygen atoms in total. The largest absolute Gasteiger partial charge is 0.459 e. The monoisotopic (exact) mass is 445 g/mol. The number of nitrogen functional groups attached to an aromatic ring is 1. The minimum atomic E-state index is -0.306. The van der Waals surface area contributed by atoms with Crippen molar-refractivity contribution >= 4 is 22.7 Å². The Hall–Kier alpha value is -2.90. The van der Waals surface area contributed by atoms with E-state index in [-0.39, 0.29) is 18.3 Å². The van der Waals surface area contributed by atoms with Crippen molar-refractivity contribution in [3.8, 4) is 0 Å². The van der Waals surface area contributed by atoms with Gasteiger partial charge < -0.3 is 24.9 Å². The van der Waals surface area contributed by atoms with Crippen LogP contribution in [0.5, 0.6) is 0 Å². The zero-order valence-corrected chi connectivity index (χ0v) is 20.7. The number of nitrogens with zero attached hydrogens (tertiary/aromatic N) is 1. The van der Waals surface area contributed by atoms with Crippen molar-refractivity contribution in [3.05, 3.63) is 59.0 Å². The quantitative estimate of drug-likeness (QED) is 0.483. The number of nitrogens with one attached hydrogen (secondary N) is 1. The molecular formula is C25H39N3O4. The van der Waals surface area contributed by atoms with Crippen molar-refractivity contribution in [2.45, 2.75) is 61.3 Å². The number of nitrogens with two attached hydrogens (primary N) is 1. The second-order valence-electron chi connectivity index (χ2n) is 5.87. The molecule has 3 N–H and O–H groups in total. The Morgan fingerprint density at radius 3 is 2.22 bits per heavy atom. The summed E-state index contributed by atoms with van der Waals surface area (Å²) in [5, 5.41) is 3.77. The predicted octanol–water partition coefficient (Wildman–Crippen LogP) is 5.71. The van der Waals surface area contributed by atoms with Crippen LogP contribution in [0.1, 0.15) is 68.9 Å². The van der Waals surface area contributed by atoms with E-state index in [1.54, 1.807) is 26.4 Å². The average molecular weight is 446 g/mol. The van der Waals surface area contributed by atoms with Gasteiger partial charge in [-0.05, 0) is 35.9 Å². The number of amides is 1. The molecular weight excluding hydrogens is 406 g/mol. The number of fused-ring (bicyclic) bond motifs is 1. The molecule has 0 unspecified atom stereocenters. The van der Waals surface area contributed by atoms with Crippen LogP contribution in [0.15, 0.2) is 40.8 Å². The lowest BCUT2D eigenvalue weighted by atomic mass is 10.1.